The Morgan fingerprint density at radius 3 is 2.45 bits per heavy atom. The average Bonchev–Trinajstić information content (AvgIpc) is 2.34. The fraction of sp³-hybridized carbons (Fsp3) is 0.643. The van der Waals surface area contributed by atoms with Crippen molar-refractivity contribution in [1.82, 2.24) is 9.97 Å². The molecule has 0 bridgehead atoms. The Hall–Kier alpha value is -1.85. The Bertz CT molecular complexity index is 498. The number of aliphatic carboxylic acids is 1. The molecule has 1 heterocycles. The number of aromatic nitrogens is 2. The van der Waals surface area contributed by atoms with Crippen molar-refractivity contribution in [2.75, 3.05) is 11.9 Å². The first-order chi connectivity index (χ1) is 9.13. The number of nitrogens with one attached hydrogen (secondary N) is 1. The predicted molar refractivity (Wildman–Crippen MR) is 77.1 cm³/mol. The van der Waals surface area contributed by atoms with Crippen molar-refractivity contribution < 1.29 is 14.6 Å². The van der Waals surface area contributed by atoms with Crippen LogP contribution in [-0.4, -0.2) is 33.2 Å². The Morgan fingerprint density at radius 2 is 1.95 bits per heavy atom. The van der Waals surface area contributed by atoms with Crippen molar-refractivity contribution in [3.8, 4) is 5.88 Å². The molecule has 1 rings (SSSR count). The van der Waals surface area contributed by atoms with Gasteiger partial charge in [0.2, 0.25) is 5.88 Å². The van der Waals surface area contributed by atoms with E-state index in [1.165, 1.54) is 6.33 Å². The van der Waals surface area contributed by atoms with Gasteiger partial charge in [-0.1, -0.05) is 0 Å². The highest BCUT2D eigenvalue weighted by molar-refractivity contribution is 5.76. The van der Waals surface area contributed by atoms with Crippen molar-refractivity contribution in [2.24, 2.45) is 5.41 Å². The van der Waals surface area contributed by atoms with Gasteiger partial charge in [0.05, 0.1) is 17.6 Å². The summed E-state index contributed by atoms with van der Waals surface area (Å²) in [5, 5.41) is 12.6. The highest BCUT2D eigenvalue weighted by Gasteiger charge is 2.44. The van der Waals surface area contributed by atoms with Crippen molar-refractivity contribution in [2.45, 2.75) is 47.1 Å². The second-order valence-electron chi connectivity index (χ2n) is 5.77. The lowest BCUT2D eigenvalue weighted by Gasteiger charge is -2.39. The molecule has 20 heavy (non-hydrogen) atoms. The van der Waals surface area contributed by atoms with Crippen LogP contribution < -0.4 is 10.1 Å². The molecular formula is C14H23N3O3. The third-order valence-corrected chi connectivity index (χ3v) is 3.85. The Morgan fingerprint density at radius 1 is 1.35 bits per heavy atom. The average molecular weight is 281 g/mol. The number of hydrogen-bond acceptors (Lipinski definition) is 5. The molecule has 0 saturated carbocycles. The SMILES string of the molecule is CCOc1ncnc(NC(C)(C)C(C)(C)C(=O)O)c1C. The van der Waals surface area contributed by atoms with E-state index < -0.39 is 16.9 Å². The van der Waals surface area contributed by atoms with Gasteiger partial charge in [0.15, 0.2) is 0 Å². The number of anilines is 1. The lowest BCUT2D eigenvalue weighted by Crippen LogP contribution is -2.50. The summed E-state index contributed by atoms with van der Waals surface area (Å²) >= 11 is 0. The molecule has 6 nitrogen and oxygen atoms in total. The molecule has 0 saturated heterocycles. The zero-order chi connectivity index (χ0) is 15.6. The van der Waals surface area contributed by atoms with Crippen molar-refractivity contribution >= 4 is 11.8 Å². The summed E-state index contributed by atoms with van der Waals surface area (Å²) in [4.78, 5) is 19.7. The van der Waals surface area contributed by atoms with Crippen LogP contribution in [0.3, 0.4) is 0 Å². The highest BCUT2D eigenvalue weighted by atomic mass is 16.5. The maximum atomic E-state index is 11.4. The van der Waals surface area contributed by atoms with E-state index in [0.717, 1.165) is 5.56 Å². The molecule has 0 aliphatic rings. The molecule has 0 aromatic carbocycles. The van der Waals surface area contributed by atoms with E-state index in [0.29, 0.717) is 18.3 Å². The summed E-state index contributed by atoms with van der Waals surface area (Å²) in [6.07, 6.45) is 1.41. The van der Waals surface area contributed by atoms with Crippen molar-refractivity contribution in [1.29, 1.82) is 0 Å². The number of carboxylic acid groups (broad SMARTS) is 1. The van der Waals surface area contributed by atoms with Gasteiger partial charge in [0.25, 0.3) is 0 Å². The molecule has 0 unspecified atom stereocenters. The molecule has 1 aromatic heterocycles. The third kappa shape index (κ3) is 3.00. The van der Waals surface area contributed by atoms with Crippen LogP contribution in [0.25, 0.3) is 0 Å². The van der Waals surface area contributed by atoms with Gasteiger partial charge >= 0.3 is 5.97 Å². The lowest BCUT2D eigenvalue weighted by molar-refractivity contribution is -0.149. The van der Waals surface area contributed by atoms with E-state index in [4.69, 9.17) is 4.74 Å². The molecule has 6 heteroatoms. The van der Waals surface area contributed by atoms with Gasteiger partial charge in [-0.25, -0.2) is 9.97 Å². The van der Waals surface area contributed by atoms with Crippen LogP contribution in [0.2, 0.25) is 0 Å². The van der Waals surface area contributed by atoms with Crippen LogP contribution in [0.1, 0.15) is 40.2 Å². The zero-order valence-corrected chi connectivity index (χ0v) is 12.9. The van der Waals surface area contributed by atoms with Crippen LogP contribution in [-0.2, 0) is 4.79 Å². The van der Waals surface area contributed by atoms with Gasteiger partial charge < -0.3 is 15.2 Å². The molecule has 1 aromatic rings. The fourth-order valence-corrected chi connectivity index (χ4v) is 1.56. The largest absolute Gasteiger partial charge is 0.481 e. The second-order valence-corrected chi connectivity index (χ2v) is 5.77. The van der Waals surface area contributed by atoms with Gasteiger partial charge in [-0.3, -0.25) is 4.79 Å². The first-order valence-corrected chi connectivity index (χ1v) is 6.59. The van der Waals surface area contributed by atoms with E-state index in [-0.39, 0.29) is 0 Å². The van der Waals surface area contributed by atoms with E-state index in [2.05, 4.69) is 15.3 Å². The second kappa shape index (κ2) is 5.64. The first-order valence-electron chi connectivity index (χ1n) is 6.59. The summed E-state index contributed by atoms with van der Waals surface area (Å²) in [7, 11) is 0. The Balaban J connectivity index is 3.10. The van der Waals surface area contributed by atoms with E-state index in [1.54, 1.807) is 13.8 Å². The predicted octanol–water partition coefficient (Wildman–Crippen LogP) is 2.49. The number of hydrogen-bond donors (Lipinski definition) is 2. The van der Waals surface area contributed by atoms with Gasteiger partial charge in [-0.15, -0.1) is 0 Å². The number of carboxylic acids is 1. The highest BCUT2D eigenvalue weighted by Crippen LogP contribution is 2.35. The smallest absolute Gasteiger partial charge is 0.311 e. The minimum atomic E-state index is -0.962. The summed E-state index contributed by atoms with van der Waals surface area (Å²) in [6.45, 7) is 11.3. The summed E-state index contributed by atoms with van der Waals surface area (Å²) < 4.78 is 5.42. The molecule has 2 N–H and O–H groups in total. The molecule has 112 valence electrons. The molecule has 0 atom stereocenters. The normalized spacial score (nSPS) is 12.1. The monoisotopic (exact) mass is 281 g/mol. The van der Waals surface area contributed by atoms with Gasteiger partial charge in [-0.05, 0) is 41.5 Å². The number of ether oxygens (including phenoxy) is 1. The molecule has 0 aliphatic carbocycles. The van der Waals surface area contributed by atoms with Crippen LogP contribution in [0.4, 0.5) is 5.82 Å². The minimum absolute atomic E-state index is 0.508. The molecule has 0 spiro atoms. The Kier molecular flexibility index (Phi) is 4.57. The topological polar surface area (TPSA) is 84.3 Å². The maximum absolute atomic E-state index is 11.4. The summed E-state index contributed by atoms with van der Waals surface area (Å²) in [6, 6.07) is 0. The minimum Gasteiger partial charge on any atom is -0.481 e. The molecule has 0 radical (unpaired) electrons. The summed E-state index contributed by atoms with van der Waals surface area (Å²) in [5.74, 6) is 0.225. The Labute approximate surface area is 119 Å². The van der Waals surface area contributed by atoms with Gasteiger partial charge in [-0.2, -0.15) is 0 Å². The van der Waals surface area contributed by atoms with Crippen molar-refractivity contribution in [3.63, 3.8) is 0 Å². The maximum Gasteiger partial charge on any atom is 0.311 e. The lowest BCUT2D eigenvalue weighted by atomic mass is 9.74. The van der Waals surface area contributed by atoms with Crippen LogP contribution >= 0.6 is 0 Å². The van der Waals surface area contributed by atoms with Crippen molar-refractivity contribution in [3.05, 3.63) is 11.9 Å². The first kappa shape index (κ1) is 16.2. The van der Waals surface area contributed by atoms with E-state index in [9.17, 15) is 9.90 Å². The van der Waals surface area contributed by atoms with Crippen LogP contribution in [0.15, 0.2) is 6.33 Å². The summed E-state index contributed by atoms with van der Waals surface area (Å²) in [5.41, 5.74) is -0.888. The van der Waals surface area contributed by atoms with E-state index >= 15 is 0 Å². The number of carbonyl (C=O) groups is 1. The quantitative estimate of drug-likeness (QED) is 0.833. The zero-order valence-electron chi connectivity index (χ0n) is 12.9. The number of rotatable bonds is 6. The molecule has 0 aliphatic heterocycles. The van der Waals surface area contributed by atoms with Crippen LogP contribution in [0.5, 0.6) is 5.88 Å². The van der Waals surface area contributed by atoms with Gasteiger partial charge in [0, 0.05) is 5.54 Å². The van der Waals surface area contributed by atoms with Gasteiger partial charge in [0.1, 0.15) is 12.1 Å². The molecule has 0 amide bonds. The van der Waals surface area contributed by atoms with E-state index in [1.807, 2.05) is 27.7 Å². The fourth-order valence-electron chi connectivity index (χ4n) is 1.56. The third-order valence-electron chi connectivity index (χ3n) is 3.85. The molecule has 0 fully saturated rings. The number of nitrogens with zero attached hydrogens (tertiary/aromatic N) is 2. The standard InChI is InChI=1S/C14H23N3O3/c1-7-20-11-9(2)10(15-8-16-11)17-14(5,6)13(3,4)12(18)19/h8H,7H2,1-6H3,(H,18,19)(H,15,16,17). The molecular weight excluding hydrogens is 258 g/mol. The van der Waals surface area contributed by atoms with Crippen LogP contribution in [0, 0.1) is 12.3 Å².